The second-order valence-electron chi connectivity index (χ2n) is 14.4. The summed E-state index contributed by atoms with van der Waals surface area (Å²) in [4.78, 5) is 15.4. The zero-order valence-corrected chi connectivity index (χ0v) is 30.4. The van der Waals surface area contributed by atoms with Gasteiger partial charge in [0.1, 0.15) is 16.7 Å². The first-order chi connectivity index (χ1) is 28.2. The summed E-state index contributed by atoms with van der Waals surface area (Å²) in [6, 6.07) is 62.7. The fourth-order valence-corrected chi connectivity index (χ4v) is 8.39. The second-order valence-corrected chi connectivity index (χ2v) is 14.4. The maximum atomic E-state index is 6.51. The van der Waals surface area contributed by atoms with E-state index in [4.69, 9.17) is 23.8 Å². The van der Waals surface area contributed by atoms with Crippen LogP contribution in [-0.2, 0) is 0 Å². The summed E-state index contributed by atoms with van der Waals surface area (Å²) in [5.41, 5.74) is 11.9. The number of nitrogens with zero attached hydrogens (tertiary/aromatic N) is 4. The van der Waals surface area contributed by atoms with Crippen LogP contribution in [-0.4, -0.2) is 19.5 Å². The molecule has 0 saturated carbocycles. The zero-order valence-electron chi connectivity index (χ0n) is 30.4. The smallest absolute Gasteiger partial charge is 0.227 e. The van der Waals surface area contributed by atoms with Gasteiger partial charge in [-0.1, -0.05) is 115 Å². The van der Waals surface area contributed by atoms with E-state index < -0.39 is 0 Å². The summed E-state index contributed by atoms with van der Waals surface area (Å²) in [6.45, 7) is 0. The van der Waals surface area contributed by atoms with Crippen LogP contribution in [0.5, 0.6) is 0 Å². The van der Waals surface area contributed by atoms with Gasteiger partial charge >= 0.3 is 0 Å². The highest BCUT2D eigenvalue weighted by atomic mass is 16.4. The molecule has 0 aliphatic rings. The number of fused-ring (bicyclic) bond motifs is 10. The van der Waals surface area contributed by atoms with E-state index in [0.29, 0.717) is 17.3 Å². The maximum Gasteiger partial charge on any atom is 0.227 e. The van der Waals surface area contributed by atoms with Crippen molar-refractivity contribution in [1.29, 1.82) is 0 Å². The quantitative estimate of drug-likeness (QED) is 0.176. The standard InChI is InChI=1S/C51H30N4O2/c1-3-12-32(13-4-1)41-30-42(34-16-11-17-36(28-34)55-43-20-9-7-18-37(43)38-19-8-10-21-44(38)55)53-50(52-41)35-23-22-31-24-26-45-47(39(31)29-35)48-46(56-45)27-25-40-49(48)57-51(54-40)33-14-5-2-6-15-33/h1-30H. The van der Waals surface area contributed by atoms with Crippen molar-refractivity contribution in [3.8, 4) is 51.0 Å². The average molecular weight is 731 g/mol. The van der Waals surface area contributed by atoms with Crippen LogP contribution >= 0.6 is 0 Å². The highest BCUT2D eigenvalue weighted by molar-refractivity contribution is 6.25. The molecule has 0 N–H and O–H groups in total. The number of aromatic nitrogens is 4. The van der Waals surface area contributed by atoms with E-state index in [-0.39, 0.29) is 0 Å². The van der Waals surface area contributed by atoms with Crippen LogP contribution < -0.4 is 0 Å². The molecule has 0 bridgehead atoms. The van der Waals surface area contributed by atoms with Crippen LogP contribution in [0.4, 0.5) is 0 Å². The first-order valence-electron chi connectivity index (χ1n) is 19.0. The van der Waals surface area contributed by atoms with Gasteiger partial charge in [-0.3, -0.25) is 0 Å². The molecule has 0 radical (unpaired) electrons. The Morgan fingerprint density at radius 1 is 0.404 bits per heavy atom. The summed E-state index contributed by atoms with van der Waals surface area (Å²) in [6.07, 6.45) is 0. The highest BCUT2D eigenvalue weighted by Crippen LogP contribution is 2.41. The summed E-state index contributed by atoms with van der Waals surface area (Å²) in [5.74, 6) is 1.21. The lowest BCUT2D eigenvalue weighted by molar-refractivity contribution is 0.622. The fraction of sp³-hybridized carbons (Fsp3) is 0. The van der Waals surface area contributed by atoms with E-state index in [1.807, 2.05) is 66.7 Å². The molecule has 8 aromatic carbocycles. The van der Waals surface area contributed by atoms with Gasteiger partial charge in [0, 0.05) is 44.1 Å². The van der Waals surface area contributed by atoms with E-state index in [0.717, 1.165) is 88.6 Å². The molecule has 266 valence electrons. The Kier molecular flexibility index (Phi) is 6.83. The van der Waals surface area contributed by atoms with Gasteiger partial charge in [-0.25, -0.2) is 15.0 Å². The fourth-order valence-electron chi connectivity index (χ4n) is 8.39. The first-order valence-corrected chi connectivity index (χ1v) is 19.0. The topological polar surface area (TPSA) is 69.9 Å². The van der Waals surface area contributed by atoms with Gasteiger partial charge in [-0.2, -0.15) is 0 Å². The van der Waals surface area contributed by atoms with Gasteiger partial charge in [0.15, 0.2) is 11.4 Å². The van der Waals surface area contributed by atoms with Crippen LogP contribution in [0.3, 0.4) is 0 Å². The zero-order chi connectivity index (χ0) is 37.5. The molecule has 0 atom stereocenters. The van der Waals surface area contributed by atoms with E-state index in [9.17, 15) is 0 Å². The molecule has 6 nitrogen and oxygen atoms in total. The summed E-state index contributed by atoms with van der Waals surface area (Å²) in [5, 5.41) is 6.44. The minimum absolute atomic E-state index is 0.578. The summed E-state index contributed by atoms with van der Waals surface area (Å²) >= 11 is 0. The molecule has 6 heteroatoms. The minimum Gasteiger partial charge on any atom is -0.456 e. The van der Waals surface area contributed by atoms with Crippen molar-refractivity contribution < 1.29 is 8.83 Å². The van der Waals surface area contributed by atoms with Crippen LogP contribution in [0, 0.1) is 0 Å². The number of rotatable bonds is 5. The molecule has 0 saturated heterocycles. The molecule has 57 heavy (non-hydrogen) atoms. The van der Waals surface area contributed by atoms with Crippen molar-refractivity contribution in [3.63, 3.8) is 0 Å². The number of oxazole rings is 1. The third-order valence-corrected chi connectivity index (χ3v) is 11.0. The van der Waals surface area contributed by atoms with Crippen LogP contribution in [0.15, 0.2) is 191 Å². The van der Waals surface area contributed by atoms with Gasteiger partial charge in [0.25, 0.3) is 0 Å². The van der Waals surface area contributed by atoms with Gasteiger partial charge in [0.05, 0.1) is 27.8 Å². The van der Waals surface area contributed by atoms with Crippen molar-refractivity contribution in [2.24, 2.45) is 0 Å². The molecule has 0 aliphatic carbocycles. The Hall–Kier alpha value is -7.83. The Balaban J connectivity index is 1.06. The summed E-state index contributed by atoms with van der Waals surface area (Å²) < 4.78 is 15.3. The van der Waals surface area contributed by atoms with E-state index >= 15 is 0 Å². The lowest BCUT2D eigenvalue weighted by Gasteiger charge is -2.12. The molecular formula is C51H30N4O2. The summed E-state index contributed by atoms with van der Waals surface area (Å²) in [7, 11) is 0. The molecule has 4 aromatic heterocycles. The second kappa shape index (κ2) is 12.3. The van der Waals surface area contributed by atoms with Gasteiger partial charge in [-0.05, 0) is 77.5 Å². The molecule has 4 heterocycles. The number of hydrogen-bond acceptors (Lipinski definition) is 5. The third-order valence-electron chi connectivity index (χ3n) is 11.0. The van der Waals surface area contributed by atoms with Crippen molar-refractivity contribution in [3.05, 3.63) is 182 Å². The van der Waals surface area contributed by atoms with Gasteiger partial charge in [-0.15, -0.1) is 0 Å². The number of benzene rings is 8. The molecule has 12 aromatic rings. The van der Waals surface area contributed by atoms with Gasteiger partial charge in [0.2, 0.25) is 5.89 Å². The molecule has 12 rings (SSSR count). The average Bonchev–Trinajstić information content (AvgIpc) is 3.99. The first kappa shape index (κ1) is 31.5. The van der Waals surface area contributed by atoms with Gasteiger partial charge < -0.3 is 13.4 Å². The maximum absolute atomic E-state index is 6.51. The molecule has 0 fully saturated rings. The Labute approximate surface area is 325 Å². The molecule has 0 unspecified atom stereocenters. The largest absolute Gasteiger partial charge is 0.456 e. The Morgan fingerprint density at radius 2 is 1.04 bits per heavy atom. The molecule has 0 amide bonds. The number of para-hydroxylation sites is 2. The predicted molar refractivity (Wildman–Crippen MR) is 230 cm³/mol. The van der Waals surface area contributed by atoms with E-state index in [1.165, 1.54) is 10.8 Å². The Bertz CT molecular complexity index is 3470. The minimum atomic E-state index is 0.578. The van der Waals surface area contributed by atoms with E-state index in [2.05, 4.69) is 120 Å². The van der Waals surface area contributed by atoms with E-state index in [1.54, 1.807) is 0 Å². The van der Waals surface area contributed by atoms with Crippen molar-refractivity contribution in [2.75, 3.05) is 0 Å². The molecular weight excluding hydrogens is 701 g/mol. The molecule has 0 aliphatic heterocycles. The monoisotopic (exact) mass is 730 g/mol. The van der Waals surface area contributed by atoms with Crippen molar-refractivity contribution >= 4 is 65.6 Å². The molecule has 0 spiro atoms. The van der Waals surface area contributed by atoms with Crippen LogP contribution in [0.25, 0.3) is 117 Å². The number of hydrogen-bond donors (Lipinski definition) is 0. The Morgan fingerprint density at radius 3 is 1.81 bits per heavy atom. The third kappa shape index (κ3) is 5.01. The van der Waals surface area contributed by atoms with Crippen molar-refractivity contribution in [1.82, 2.24) is 19.5 Å². The predicted octanol–water partition coefficient (Wildman–Crippen LogP) is 13.4. The number of furan rings is 1. The SMILES string of the molecule is c1ccc(-c2cc(-c3cccc(-n4c5ccccc5c5ccccc54)c3)nc(-c3ccc4ccc5oc6ccc7nc(-c8ccccc8)oc7c6c5c4c3)n2)cc1. The lowest BCUT2D eigenvalue weighted by atomic mass is 10.0. The van der Waals surface area contributed by atoms with Crippen LogP contribution in [0.2, 0.25) is 0 Å². The van der Waals surface area contributed by atoms with Crippen molar-refractivity contribution in [2.45, 2.75) is 0 Å². The van der Waals surface area contributed by atoms with Crippen LogP contribution in [0.1, 0.15) is 0 Å². The normalized spacial score (nSPS) is 11.9. The lowest BCUT2D eigenvalue weighted by Crippen LogP contribution is -1.98. The highest BCUT2D eigenvalue weighted by Gasteiger charge is 2.20.